The molecule has 0 bridgehead atoms. The van der Waals surface area contributed by atoms with Crippen LogP contribution in [-0.4, -0.2) is 52.6 Å². The van der Waals surface area contributed by atoms with Crippen LogP contribution in [0.15, 0.2) is 73.1 Å². The average Bonchev–Trinajstić information content (AvgIpc) is 3.91. The van der Waals surface area contributed by atoms with E-state index in [1.165, 1.54) is 0 Å². The number of carbonyl (C=O) groups excluding carboxylic acids is 1. The fourth-order valence-electron chi connectivity index (χ4n) is 8.70. The van der Waals surface area contributed by atoms with Crippen molar-refractivity contribution in [1.82, 2.24) is 33.5 Å². The van der Waals surface area contributed by atoms with E-state index in [0.29, 0.717) is 36.7 Å². The Morgan fingerprint density at radius 1 is 0.911 bits per heavy atom. The van der Waals surface area contributed by atoms with Gasteiger partial charge in [-0.3, -0.25) is 13.9 Å². The quantitative estimate of drug-likeness (QED) is 0.143. The van der Waals surface area contributed by atoms with Gasteiger partial charge in [0.25, 0.3) is 5.91 Å². The van der Waals surface area contributed by atoms with E-state index in [4.69, 9.17) is 33.0 Å². The van der Waals surface area contributed by atoms with Crippen molar-refractivity contribution in [1.29, 1.82) is 0 Å². The van der Waals surface area contributed by atoms with Crippen molar-refractivity contribution >= 4 is 62.2 Å². The van der Waals surface area contributed by atoms with Crippen molar-refractivity contribution < 1.29 is 9.53 Å². The summed E-state index contributed by atoms with van der Waals surface area (Å²) in [6.45, 7) is 11.2. The van der Waals surface area contributed by atoms with Crippen LogP contribution in [0.4, 0.5) is 5.69 Å². The number of fused-ring (bicyclic) bond motifs is 5. The highest BCUT2D eigenvalue weighted by molar-refractivity contribution is 6.35. The average molecular weight is 786 g/mol. The van der Waals surface area contributed by atoms with Gasteiger partial charge in [0.2, 0.25) is 0 Å². The maximum atomic E-state index is 15.3. The SMILES string of the molecule is Cc1cc(OCCCc2c3n(c4c(-c5c(C)nn(C)c5C)c(Cl)ccc24)C(C)CN(c2cn(C)c4ccc(-c5nnc6ccccn56)cc24)C3=O)cc(C)c1Cl. The number of aromatic nitrogens is 7. The number of benzene rings is 3. The minimum atomic E-state index is -0.0800. The molecule has 0 saturated heterocycles. The number of pyridine rings is 1. The summed E-state index contributed by atoms with van der Waals surface area (Å²) in [5.74, 6) is 1.48. The third-order valence-corrected chi connectivity index (χ3v) is 12.3. The Hall–Kier alpha value is -5.58. The molecule has 1 aliphatic rings. The number of carbonyl (C=O) groups is 1. The fourth-order valence-corrected chi connectivity index (χ4v) is 9.06. The van der Waals surface area contributed by atoms with Crippen molar-refractivity contribution in [2.45, 2.75) is 53.5 Å². The lowest BCUT2D eigenvalue weighted by molar-refractivity contribution is 0.0957. The van der Waals surface area contributed by atoms with Gasteiger partial charge in [0.05, 0.1) is 28.5 Å². The molecule has 0 aliphatic carbocycles. The molecule has 5 aromatic heterocycles. The Labute approximate surface area is 334 Å². The van der Waals surface area contributed by atoms with Gasteiger partial charge in [-0.05, 0) is 113 Å². The molecule has 0 radical (unpaired) electrons. The van der Waals surface area contributed by atoms with Crippen LogP contribution < -0.4 is 9.64 Å². The van der Waals surface area contributed by atoms with E-state index in [0.717, 1.165) is 94.5 Å². The number of amides is 1. The molecule has 284 valence electrons. The van der Waals surface area contributed by atoms with Gasteiger partial charge in [0.1, 0.15) is 11.4 Å². The fraction of sp³-hybridized carbons (Fsp3) is 0.273. The highest BCUT2D eigenvalue weighted by Crippen LogP contribution is 2.46. The molecule has 1 amide bonds. The minimum Gasteiger partial charge on any atom is -0.494 e. The normalized spacial score (nSPS) is 14.5. The van der Waals surface area contributed by atoms with Crippen LogP contribution in [0.25, 0.3) is 50.0 Å². The number of rotatable bonds is 8. The van der Waals surface area contributed by atoms with Crippen molar-refractivity contribution in [3.63, 3.8) is 0 Å². The van der Waals surface area contributed by atoms with Crippen LogP contribution in [0.3, 0.4) is 0 Å². The standard InChI is InChI=1S/C44H42Cl2N8O2/c1-24-19-30(20-25(2)40(24)46)56-18-10-11-31-32-14-15-34(45)39(38-27(4)49-51(7)28(38)5)41(32)54-26(3)22-53(44(55)42(31)54)36-23-50(6)35-16-13-29(21-33(35)36)43-48-47-37-12-8-9-17-52(37)43/h8-9,12-17,19-21,23,26H,10-11,18,22H2,1-7H3. The molecule has 1 atom stereocenters. The lowest BCUT2D eigenvalue weighted by Crippen LogP contribution is -2.42. The second kappa shape index (κ2) is 13.6. The van der Waals surface area contributed by atoms with Gasteiger partial charge in [-0.1, -0.05) is 35.3 Å². The van der Waals surface area contributed by atoms with Gasteiger partial charge < -0.3 is 18.8 Å². The van der Waals surface area contributed by atoms with Gasteiger partial charge in [0, 0.05) is 82.8 Å². The molecule has 6 heterocycles. The summed E-state index contributed by atoms with van der Waals surface area (Å²) in [7, 11) is 3.97. The Bertz CT molecular complexity index is 2870. The molecular weight excluding hydrogens is 743 g/mol. The molecule has 0 saturated carbocycles. The van der Waals surface area contributed by atoms with Gasteiger partial charge >= 0.3 is 0 Å². The number of nitrogens with zero attached hydrogens (tertiary/aromatic N) is 8. The molecule has 1 aliphatic heterocycles. The predicted octanol–water partition coefficient (Wildman–Crippen LogP) is 10.0. The molecule has 0 N–H and O–H groups in total. The molecule has 3 aromatic carbocycles. The smallest absolute Gasteiger partial charge is 0.275 e. The second-order valence-electron chi connectivity index (χ2n) is 15.1. The lowest BCUT2D eigenvalue weighted by atomic mass is 9.98. The number of anilines is 1. The topological polar surface area (TPSA) is 87.4 Å². The zero-order valence-electron chi connectivity index (χ0n) is 32.5. The summed E-state index contributed by atoms with van der Waals surface area (Å²) in [4.78, 5) is 17.3. The molecule has 1 unspecified atom stereocenters. The van der Waals surface area contributed by atoms with Gasteiger partial charge in [-0.15, -0.1) is 10.2 Å². The van der Waals surface area contributed by atoms with Gasteiger partial charge in [0.15, 0.2) is 11.5 Å². The van der Waals surface area contributed by atoms with Crippen molar-refractivity contribution in [2.24, 2.45) is 14.1 Å². The van der Waals surface area contributed by atoms with E-state index in [-0.39, 0.29) is 11.9 Å². The largest absolute Gasteiger partial charge is 0.494 e. The van der Waals surface area contributed by atoms with Crippen molar-refractivity contribution in [2.75, 3.05) is 18.1 Å². The number of ether oxygens (including phenoxy) is 1. The maximum absolute atomic E-state index is 15.3. The number of hydrogen-bond acceptors (Lipinski definition) is 5. The Kier molecular flexibility index (Phi) is 8.74. The van der Waals surface area contributed by atoms with E-state index in [1.807, 2.05) is 91.4 Å². The van der Waals surface area contributed by atoms with Crippen LogP contribution in [-0.2, 0) is 20.5 Å². The Balaban J connectivity index is 1.17. The highest BCUT2D eigenvalue weighted by atomic mass is 35.5. The first-order valence-electron chi connectivity index (χ1n) is 18.9. The maximum Gasteiger partial charge on any atom is 0.275 e. The first-order chi connectivity index (χ1) is 26.9. The molecular formula is C44H42Cl2N8O2. The molecule has 0 spiro atoms. The zero-order valence-corrected chi connectivity index (χ0v) is 34.0. The number of aryl methyl sites for hydroxylation is 6. The first-order valence-corrected chi connectivity index (χ1v) is 19.6. The predicted molar refractivity (Wildman–Crippen MR) is 225 cm³/mol. The summed E-state index contributed by atoms with van der Waals surface area (Å²) in [6.07, 6.45) is 5.35. The summed E-state index contributed by atoms with van der Waals surface area (Å²) in [6, 6.07) is 20.0. The lowest BCUT2D eigenvalue weighted by Gasteiger charge is -2.34. The molecule has 9 rings (SSSR count). The van der Waals surface area contributed by atoms with E-state index in [2.05, 4.69) is 63.6 Å². The van der Waals surface area contributed by atoms with E-state index in [1.54, 1.807) is 0 Å². The van der Waals surface area contributed by atoms with Crippen LogP contribution in [0.2, 0.25) is 10.0 Å². The monoisotopic (exact) mass is 784 g/mol. The Morgan fingerprint density at radius 2 is 1.70 bits per heavy atom. The van der Waals surface area contributed by atoms with Crippen LogP contribution in [0.5, 0.6) is 5.75 Å². The summed E-state index contributed by atoms with van der Waals surface area (Å²) in [5.41, 5.74) is 12.0. The minimum absolute atomic E-state index is 0.0493. The molecule has 56 heavy (non-hydrogen) atoms. The third-order valence-electron chi connectivity index (χ3n) is 11.4. The second-order valence-corrected chi connectivity index (χ2v) is 15.9. The van der Waals surface area contributed by atoms with Crippen LogP contribution >= 0.6 is 23.2 Å². The highest BCUT2D eigenvalue weighted by Gasteiger charge is 2.37. The molecule has 0 fully saturated rings. The first kappa shape index (κ1) is 36.1. The van der Waals surface area contributed by atoms with Gasteiger partial charge in [-0.2, -0.15) is 5.10 Å². The van der Waals surface area contributed by atoms with Gasteiger partial charge in [-0.25, -0.2) is 0 Å². The summed E-state index contributed by atoms with van der Waals surface area (Å²) in [5, 5.41) is 17.0. The molecule has 12 heteroatoms. The van der Waals surface area contributed by atoms with E-state index in [9.17, 15) is 0 Å². The summed E-state index contributed by atoms with van der Waals surface area (Å²) < 4.78 is 14.5. The number of hydrogen-bond donors (Lipinski definition) is 0. The Morgan fingerprint density at radius 3 is 2.45 bits per heavy atom. The van der Waals surface area contributed by atoms with Crippen molar-refractivity contribution in [3.05, 3.63) is 117 Å². The van der Waals surface area contributed by atoms with E-state index < -0.39 is 0 Å². The third kappa shape index (κ3) is 5.60. The number of halogens is 2. The summed E-state index contributed by atoms with van der Waals surface area (Å²) >= 11 is 13.6. The molecule has 10 nitrogen and oxygen atoms in total. The zero-order chi connectivity index (χ0) is 39.2. The molecule has 8 aromatic rings. The van der Waals surface area contributed by atoms with E-state index >= 15 is 4.79 Å². The van der Waals surface area contributed by atoms with Crippen LogP contribution in [0.1, 0.15) is 58.0 Å². The van der Waals surface area contributed by atoms with Crippen LogP contribution in [0, 0.1) is 27.7 Å². The van der Waals surface area contributed by atoms with Crippen molar-refractivity contribution in [3.8, 4) is 28.3 Å².